The van der Waals surface area contributed by atoms with Crippen LogP contribution in [0.1, 0.15) is 11.1 Å². The second-order valence-corrected chi connectivity index (χ2v) is 5.46. The molecule has 1 nitrogen and oxygen atoms in total. The van der Waals surface area contributed by atoms with Crippen LogP contribution in [0, 0.1) is 0 Å². The molecular formula is C14H10BrClF3N. The number of rotatable bonds is 3. The van der Waals surface area contributed by atoms with Crippen molar-refractivity contribution in [2.45, 2.75) is 12.7 Å². The van der Waals surface area contributed by atoms with E-state index in [4.69, 9.17) is 11.6 Å². The maximum atomic E-state index is 12.9. The lowest BCUT2D eigenvalue weighted by molar-refractivity contribution is -0.137. The third-order valence-corrected chi connectivity index (χ3v) is 3.58. The molecule has 20 heavy (non-hydrogen) atoms. The zero-order valence-electron chi connectivity index (χ0n) is 10.1. The van der Waals surface area contributed by atoms with Crippen molar-refractivity contribution in [2.24, 2.45) is 0 Å². The number of nitrogens with one attached hydrogen (secondary N) is 1. The first-order valence-electron chi connectivity index (χ1n) is 5.72. The summed E-state index contributed by atoms with van der Waals surface area (Å²) in [6, 6.07) is 10.8. The van der Waals surface area contributed by atoms with E-state index < -0.39 is 11.7 Å². The highest BCUT2D eigenvalue weighted by Gasteiger charge is 2.33. The van der Waals surface area contributed by atoms with E-state index in [0.29, 0.717) is 9.50 Å². The lowest BCUT2D eigenvalue weighted by Gasteiger charge is -2.15. The Balaban J connectivity index is 2.25. The first kappa shape index (κ1) is 15.2. The molecule has 0 aliphatic rings. The Hall–Kier alpha value is -1.20. The molecule has 2 rings (SSSR count). The van der Waals surface area contributed by atoms with Crippen LogP contribution in [0.15, 0.2) is 46.9 Å². The van der Waals surface area contributed by atoms with Crippen LogP contribution in [0.4, 0.5) is 18.9 Å². The normalized spacial score (nSPS) is 11.4. The molecule has 0 aromatic heterocycles. The van der Waals surface area contributed by atoms with Crippen molar-refractivity contribution >= 4 is 33.2 Å². The van der Waals surface area contributed by atoms with Gasteiger partial charge in [0.2, 0.25) is 0 Å². The molecular weight excluding hydrogens is 355 g/mol. The molecule has 106 valence electrons. The average Bonchev–Trinajstić information content (AvgIpc) is 2.36. The van der Waals surface area contributed by atoms with E-state index in [-0.39, 0.29) is 12.2 Å². The second-order valence-electron chi connectivity index (χ2n) is 4.13. The van der Waals surface area contributed by atoms with Crippen LogP contribution in [0.3, 0.4) is 0 Å². The molecule has 0 spiro atoms. The number of benzene rings is 2. The summed E-state index contributed by atoms with van der Waals surface area (Å²) in [5.41, 5.74) is 0.0572. The van der Waals surface area contributed by atoms with Crippen LogP contribution in [0.5, 0.6) is 0 Å². The van der Waals surface area contributed by atoms with Crippen LogP contribution in [-0.4, -0.2) is 0 Å². The SMILES string of the molecule is FC(F)(F)c1ccc(Br)cc1NCc1ccccc1Cl. The van der Waals surface area contributed by atoms with Gasteiger partial charge in [0, 0.05) is 21.7 Å². The number of hydrogen-bond acceptors (Lipinski definition) is 1. The number of anilines is 1. The summed E-state index contributed by atoms with van der Waals surface area (Å²) in [6.07, 6.45) is -4.40. The predicted molar refractivity (Wildman–Crippen MR) is 77.9 cm³/mol. The molecule has 0 bridgehead atoms. The minimum absolute atomic E-state index is 0.0202. The number of halogens is 5. The summed E-state index contributed by atoms with van der Waals surface area (Å²) in [6.45, 7) is 0.221. The van der Waals surface area contributed by atoms with Gasteiger partial charge in [-0.25, -0.2) is 0 Å². The summed E-state index contributed by atoms with van der Waals surface area (Å²) >= 11 is 9.15. The van der Waals surface area contributed by atoms with Gasteiger partial charge >= 0.3 is 6.18 Å². The standard InChI is InChI=1S/C14H10BrClF3N/c15-10-5-6-11(14(17,18)19)13(7-10)20-8-9-3-1-2-4-12(9)16/h1-7,20H,8H2. The van der Waals surface area contributed by atoms with E-state index in [1.165, 1.54) is 12.1 Å². The summed E-state index contributed by atoms with van der Waals surface area (Å²) in [5.74, 6) is 0. The van der Waals surface area contributed by atoms with Gasteiger partial charge in [-0.1, -0.05) is 45.7 Å². The van der Waals surface area contributed by atoms with Crippen molar-refractivity contribution in [1.29, 1.82) is 0 Å². The molecule has 0 heterocycles. The zero-order valence-corrected chi connectivity index (χ0v) is 12.5. The van der Waals surface area contributed by atoms with Gasteiger partial charge in [-0.2, -0.15) is 13.2 Å². The van der Waals surface area contributed by atoms with E-state index in [0.717, 1.165) is 11.6 Å². The largest absolute Gasteiger partial charge is 0.418 e. The lowest BCUT2D eigenvalue weighted by Crippen LogP contribution is -2.11. The highest BCUT2D eigenvalue weighted by Crippen LogP contribution is 2.36. The van der Waals surface area contributed by atoms with Gasteiger partial charge in [0.25, 0.3) is 0 Å². The molecule has 0 amide bonds. The van der Waals surface area contributed by atoms with E-state index in [1.54, 1.807) is 24.3 Å². The maximum absolute atomic E-state index is 12.9. The summed E-state index contributed by atoms with van der Waals surface area (Å²) in [7, 11) is 0. The Morgan fingerprint density at radius 2 is 1.80 bits per heavy atom. The van der Waals surface area contributed by atoms with Crippen LogP contribution in [0.25, 0.3) is 0 Å². The van der Waals surface area contributed by atoms with Gasteiger partial charge in [-0.05, 0) is 29.8 Å². The molecule has 0 atom stereocenters. The molecule has 0 aliphatic carbocycles. The molecule has 0 unspecified atom stereocenters. The fourth-order valence-electron chi connectivity index (χ4n) is 1.74. The Kier molecular flexibility index (Phi) is 4.60. The van der Waals surface area contributed by atoms with Crippen molar-refractivity contribution < 1.29 is 13.2 Å². The first-order valence-corrected chi connectivity index (χ1v) is 6.89. The molecule has 0 radical (unpaired) electrons. The van der Waals surface area contributed by atoms with Gasteiger partial charge in [-0.15, -0.1) is 0 Å². The van der Waals surface area contributed by atoms with Crippen molar-refractivity contribution in [2.75, 3.05) is 5.32 Å². The lowest BCUT2D eigenvalue weighted by atomic mass is 10.1. The predicted octanol–water partition coefficient (Wildman–Crippen LogP) is 5.73. The highest BCUT2D eigenvalue weighted by atomic mass is 79.9. The minimum Gasteiger partial charge on any atom is -0.380 e. The average molecular weight is 365 g/mol. The van der Waals surface area contributed by atoms with E-state index in [9.17, 15) is 13.2 Å². The molecule has 0 saturated carbocycles. The zero-order chi connectivity index (χ0) is 14.8. The fourth-order valence-corrected chi connectivity index (χ4v) is 2.31. The summed E-state index contributed by atoms with van der Waals surface area (Å²) < 4.78 is 39.3. The van der Waals surface area contributed by atoms with E-state index in [2.05, 4.69) is 21.2 Å². The van der Waals surface area contributed by atoms with Crippen molar-refractivity contribution in [3.8, 4) is 0 Å². The fraction of sp³-hybridized carbons (Fsp3) is 0.143. The van der Waals surface area contributed by atoms with Crippen molar-refractivity contribution in [1.82, 2.24) is 0 Å². The van der Waals surface area contributed by atoms with Gasteiger partial charge < -0.3 is 5.32 Å². The molecule has 1 N–H and O–H groups in total. The van der Waals surface area contributed by atoms with Crippen molar-refractivity contribution in [3.63, 3.8) is 0 Å². The first-order chi connectivity index (χ1) is 9.38. The van der Waals surface area contributed by atoms with Crippen LogP contribution >= 0.6 is 27.5 Å². The molecule has 6 heteroatoms. The maximum Gasteiger partial charge on any atom is 0.418 e. The number of hydrogen-bond donors (Lipinski definition) is 1. The van der Waals surface area contributed by atoms with Gasteiger partial charge in [0.15, 0.2) is 0 Å². The number of alkyl halides is 3. The van der Waals surface area contributed by atoms with Crippen LogP contribution in [-0.2, 0) is 12.7 Å². The molecule has 0 fully saturated rings. The monoisotopic (exact) mass is 363 g/mol. The molecule has 2 aromatic rings. The quantitative estimate of drug-likeness (QED) is 0.733. The summed E-state index contributed by atoms with van der Waals surface area (Å²) in [4.78, 5) is 0. The Morgan fingerprint density at radius 3 is 2.45 bits per heavy atom. The second kappa shape index (κ2) is 6.06. The molecule has 2 aromatic carbocycles. The third-order valence-electron chi connectivity index (χ3n) is 2.71. The van der Waals surface area contributed by atoms with Gasteiger partial charge in [0.05, 0.1) is 5.56 Å². The van der Waals surface area contributed by atoms with Gasteiger partial charge in [-0.3, -0.25) is 0 Å². The topological polar surface area (TPSA) is 12.0 Å². The molecule has 0 saturated heterocycles. The third kappa shape index (κ3) is 3.67. The highest BCUT2D eigenvalue weighted by molar-refractivity contribution is 9.10. The smallest absolute Gasteiger partial charge is 0.380 e. The van der Waals surface area contributed by atoms with E-state index >= 15 is 0 Å². The Labute approximate surface area is 127 Å². The summed E-state index contributed by atoms with van der Waals surface area (Å²) in [5, 5.41) is 3.30. The van der Waals surface area contributed by atoms with Crippen LogP contribution in [0.2, 0.25) is 5.02 Å². The van der Waals surface area contributed by atoms with Crippen LogP contribution < -0.4 is 5.32 Å². The van der Waals surface area contributed by atoms with E-state index in [1.807, 2.05) is 0 Å². The Morgan fingerprint density at radius 1 is 1.10 bits per heavy atom. The van der Waals surface area contributed by atoms with Gasteiger partial charge in [0.1, 0.15) is 0 Å². The van der Waals surface area contributed by atoms with Crippen molar-refractivity contribution in [3.05, 3.63) is 63.1 Å². The Bertz CT molecular complexity index is 614. The molecule has 0 aliphatic heterocycles. The minimum atomic E-state index is -4.40.